The summed E-state index contributed by atoms with van der Waals surface area (Å²) in [5.41, 5.74) is 1.20. The van der Waals surface area contributed by atoms with Gasteiger partial charge in [-0.3, -0.25) is 0 Å². The van der Waals surface area contributed by atoms with Crippen LogP contribution >= 0.6 is 15.9 Å². The average molecular weight is 314 g/mol. The van der Waals surface area contributed by atoms with E-state index in [0.29, 0.717) is 0 Å². The molecular weight excluding hydrogens is 294 g/mol. The highest BCUT2D eigenvalue weighted by Gasteiger charge is 2.31. The minimum absolute atomic E-state index is 0.754. The molecule has 1 aliphatic carbocycles. The average Bonchev–Trinajstić information content (AvgIpc) is 3.06. The Balaban J connectivity index is 1.98. The van der Waals surface area contributed by atoms with Crippen LogP contribution < -0.4 is 14.8 Å². The van der Waals surface area contributed by atoms with E-state index in [9.17, 15) is 0 Å². The Morgan fingerprint density at radius 2 is 1.89 bits per heavy atom. The lowest BCUT2D eigenvalue weighted by Crippen LogP contribution is -2.17. The van der Waals surface area contributed by atoms with Crippen LogP contribution in [0, 0.1) is 11.8 Å². The molecule has 0 heterocycles. The van der Waals surface area contributed by atoms with Crippen molar-refractivity contribution < 1.29 is 9.47 Å². The van der Waals surface area contributed by atoms with Crippen LogP contribution in [0.25, 0.3) is 0 Å². The van der Waals surface area contributed by atoms with Gasteiger partial charge in [0, 0.05) is 11.0 Å². The topological polar surface area (TPSA) is 30.5 Å². The smallest absolute Gasteiger partial charge is 0.161 e. The Hall–Kier alpha value is -0.740. The summed E-state index contributed by atoms with van der Waals surface area (Å²) in [6, 6.07) is 3.97. The molecule has 1 aliphatic rings. The van der Waals surface area contributed by atoms with Gasteiger partial charge in [0.1, 0.15) is 0 Å². The summed E-state index contributed by atoms with van der Waals surface area (Å²) in [5, 5.41) is 3.50. The van der Waals surface area contributed by atoms with Gasteiger partial charge < -0.3 is 14.8 Å². The fourth-order valence-electron chi connectivity index (χ4n) is 2.11. The monoisotopic (exact) mass is 313 g/mol. The lowest BCUT2D eigenvalue weighted by molar-refractivity contribution is 0.354. The Labute approximate surface area is 117 Å². The number of benzene rings is 1. The standard InChI is InChI=1S/C14H20BrNO2/c1-9-4-10(9)7-16-8-11-5-13(17-2)14(18-3)6-12(11)15/h5-6,9-10,16H,4,7-8H2,1-3H3. The summed E-state index contributed by atoms with van der Waals surface area (Å²) in [6.07, 6.45) is 1.36. The molecule has 0 spiro atoms. The maximum atomic E-state index is 5.32. The first-order valence-electron chi connectivity index (χ1n) is 6.26. The first kappa shape index (κ1) is 13.7. The maximum absolute atomic E-state index is 5.32. The van der Waals surface area contributed by atoms with Crippen LogP contribution in [-0.2, 0) is 6.54 Å². The Bertz CT molecular complexity index is 423. The van der Waals surface area contributed by atoms with Gasteiger partial charge in [0.25, 0.3) is 0 Å². The first-order valence-corrected chi connectivity index (χ1v) is 7.06. The van der Waals surface area contributed by atoms with Gasteiger partial charge in [0.05, 0.1) is 14.2 Å². The lowest BCUT2D eigenvalue weighted by Gasteiger charge is -2.12. The van der Waals surface area contributed by atoms with Crippen LogP contribution in [0.3, 0.4) is 0 Å². The molecule has 1 fully saturated rings. The zero-order valence-electron chi connectivity index (χ0n) is 11.1. The number of methoxy groups -OCH3 is 2. The molecule has 0 bridgehead atoms. The molecule has 2 unspecified atom stereocenters. The highest BCUT2D eigenvalue weighted by Crippen LogP contribution is 2.37. The number of nitrogens with one attached hydrogen (secondary N) is 1. The zero-order chi connectivity index (χ0) is 13.1. The van der Waals surface area contributed by atoms with Crippen LogP contribution in [0.4, 0.5) is 0 Å². The van der Waals surface area contributed by atoms with Gasteiger partial charge in [-0.2, -0.15) is 0 Å². The van der Waals surface area contributed by atoms with Crippen molar-refractivity contribution in [1.82, 2.24) is 5.32 Å². The normalized spacial score (nSPS) is 21.8. The van der Waals surface area contributed by atoms with Gasteiger partial charge in [-0.15, -0.1) is 0 Å². The second kappa shape index (κ2) is 5.93. The molecule has 100 valence electrons. The molecule has 1 saturated carbocycles. The largest absolute Gasteiger partial charge is 0.493 e. The van der Waals surface area contributed by atoms with Crippen LogP contribution in [0.5, 0.6) is 11.5 Å². The van der Waals surface area contributed by atoms with E-state index in [1.54, 1.807) is 14.2 Å². The Morgan fingerprint density at radius 3 is 2.44 bits per heavy atom. The van der Waals surface area contributed by atoms with Crippen molar-refractivity contribution in [3.8, 4) is 11.5 Å². The molecule has 3 nitrogen and oxygen atoms in total. The van der Waals surface area contributed by atoms with Gasteiger partial charge in [-0.1, -0.05) is 22.9 Å². The van der Waals surface area contributed by atoms with Gasteiger partial charge in [-0.05, 0) is 42.5 Å². The molecule has 1 aromatic carbocycles. The fourth-order valence-corrected chi connectivity index (χ4v) is 2.57. The molecule has 1 aromatic rings. The summed E-state index contributed by atoms with van der Waals surface area (Å²) >= 11 is 3.57. The second-order valence-electron chi connectivity index (χ2n) is 4.90. The number of hydrogen-bond acceptors (Lipinski definition) is 3. The molecule has 2 atom stereocenters. The van der Waals surface area contributed by atoms with E-state index >= 15 is 0 Å². The van der Waals surface area contributed by atoms with E-state index in [1.165, 1.54) is 12.0 Å². The SMILES string of the molecule is COc1cc(Br)c(CNCC2CC2C)cc1OC. The van der Waals surface area contributed by atoms with Crippen LogP contribution in [0.15, 0.2) is 16.6 Å². The quantitative estimate of drug-likeness (QED) is 0.874. The summed E-state index contributed by atoms with van der Waals surface area (Å²) in [6.45, 7) is 4.25. The third-order valence-corrected chi connectivity index (χ3v) is 4.29. The first-order chi connectivity index (χ1) is 8.65. The van der Waals surface area contributed by atoms with Gasteiger partial charge in [0.15, 0.2) is 11.5 Å². The molecular formula is C14H20BrNO2. The van der Waals surface area contributed by atoms with Crippen LogP contribution in [-0.4, -0.2) is 20.8 Å². The molecule has 0 radical (unpaired) electrons. The van der Waals surface area contributed by atoms with Crippen LogP contribution in [0.1, 0.15) is 18.9 Å². The molecule has 1 N–H and O–H groups in total. The van der Waals surface area contributed by atoms with Crippen molar-refractivity contribution in [2.24, 2.45) is 11.8 Å². The van der Waals surface area contributed by atoms with E-state index in [0.717, 1.165) is 40.9 Å². The lowest BCUT2D eigenvalue weighted by atomic mass is 10.2. The summed E-state index contributed by atoms with van der Waals surface area (Å²) in [4.78, 5) is 0. The minimum Gasteiger partial charge on any atom is -0.493 e. The van der Waals surface area contributed by atoms with E-state index < -0.39 is 0 Å². The van der Waals surface area contributed by atoms with Gasteiger partial charge >= 0.3 is 0 Å². The van der Waals surface area contributed by atoms with E-state index in [-0.39, 0.29) is 0 Å². The number of halogens is 1. The zero-order valence-corrected chi connectivity index (χ0v) is 12.7. The van der Waals surface area contributed by atoms with Gasteiger partial charge in [0.2, 0.25) is 0 Å². The number of ether oxygens (including phenoxy) is 2. The predicted molar refractivity (Wildman–Crippen MR) is 76.2 cm³/mol. The highest BCUT2D eigenvalue weighted by atomic mass is 79.9. The predicted octanol–water partition coefficient (Wildman–Crippen LogP) is 3.21. The maximum Gasteiger partial charge on any atom is 0.161 e. The molecule has 0 amide bonds. The molecule has 4 heteroatoms. The van der Waals surface area contributed by atoms with Gasteiger partial charge in [-0.25, -0.2) is 0 Å². The number of hydrogen-bond donors (Lipinski definition) is 1. The molecule has 0 aliphatic heterocycles. The van der Waals surface area contributed by atoms with E-state index in [4.69, 9.17) is 9.47 Å². The van der Waals surface area contributed by atoms with Crippen molar-refractivity contribution in [2.45, 2.75) is 19.9 Å². The molecule has 0 saturated heterocycles. The summed E-state index contributed by atoms with van der Waals surface area (Å²) in [7, 11) is 3.31. The van der Waals surface area contributed by atoms with Crippen molar-refractivity contribution in [2.75, 3.05) is 20.8 Å². The fraction of sp³-hybridized carbons (Fsp3) is 0.571. The Kier molecular flexibility index (Phi) is 4.51. The van der Waals surface area contributed by atoms with Crippen LogP contribution in [0.2, 0.25) is 0 Å². The Morgan fingerprint density at radius 1 is 1.28 bits per heavy atom. The third-order valence-electron chi connectivity index (χ3n) is 3.55. The molecule has 2 rings (SSSR count). The van der Waals surface area contributed by atoms with Crippen molar-refractivity contribution in [3.05, 3.63) is 22.2 Å². The van der Waals surface area contributed by atoms with Crippen molar-refractivity contribution >= 4 is 15.9 Å². The number of rotatable bonds is 6. The van der Waals surface area contributed by atoms with Crippen molar-refractivity contribution in [1.29, 1.82) is 0 Å². The van der Waals surface area contributed by atoms with E-state index in [2.05, 4.69) is 28.2 Å². The molecule has 18 heavy (non-hydrogen) atoms. The minimum atomic E-state index is 0.754. The highest BCUT2D eigenvalue weighted by molar-refractivity contribution is 9.10. The third kappa shape index (κ3) is 3.18. The summed E-state index contributed by atoms with van der Waals surface area (Å²) in [5.74, 6) is 3.29. The second-order valence-corrected chi connectivity index (χ2v) is 5.76. The van der Waals surface area contributed by atoms with Crippen molar-refractivity contribution in [3.63, 3.8) is 0 Å². The molecule has 0 aromatic heterocycles. The summed E-state index contributed by atoms with van der Waals surface area (Å²) < 4.78 is 11.6. The van der Waals surface area contributed by atoms with E-state index in [1.807, 2.05) is 12.1 Å².